The number of carbonyl (C=O) groups excluding carboxylic acids is 1. The molecule has 0 saturated heterocycles. The maximum atomic E-state index is 13.1. The summed E-state index contributed by atoms with van der Waals surface area (Å²) in [7, 11) is 0. The molecule has 5 heteroatoms. The van der Waals surface area contributed by atoms with Gasteiger partial charge in [0.15, 0.2) is 0 Å². The van der Waals surface area contributed by atoms with Gasteiger partial charge in [0.25, 0.3) is 0 Å². The molecule has 0 spiro atoms. The largest absolute Gasteiger partial charge is 0.493 e. The van der Waals surface area contributed by atoms with Crippen molar-refractivity contribution in [2.24, 2.45) is 11.5 Å². The molecule has 1 unspecified atom stereocenters. The maximum Gasteiger partial charge on any atom is 0.220 e. The van der Waals surface area contributed by atoms with Crippen molar-refractivity contribution in [2.45, 2.75) is 25.8 Å². The topological polar surface area (TPSA) is 78.3 Å². The first-order chi connectivity index (χ1) is 7.99. The van der Waals surface area contributed by atoms with Crippen LogP contribution in [0.4, 0.5) is 4.39 Å². The molecule has 0 heterocycles. The monoisotopic (exact) mass is 240 g/mol. The second-order valence-electron chi connectivity index (χ2n) is 4.00. The van der Waals surface area contributed by atoms with E-state index in [4.69, 9.17) is 16.2 Å². The number of benzene rings is 1. The van der Waals surface area contributed by atoms with Crippen molar-refractivity contribution < 1.29 is 13.9 Å². The molecule has 0 bridgehead atoms. The van der Waals surface area contributed by atoms with Crippen molar-refractivity contribution in [3.63, 3.8) is 0 Å². The summed E-state index contributed by atoms with van der Waals surface area (Å²) < 4.78 is 18.5. The molecule has 1 aromatic rings. The summed E-state index contributed by atoms with van der Waals surface area (Å²) in [5, 5.41) is 0. The molecule has 0 radical (unpaired) electrons. The molecule has 1 atom stereocenters. The van der Waals surface area contributed by atoms with Crippen molar-refractivity contribution in [1.29, 1.82) is 0 Å². The number of hydrogen-bond donors (Lipinski definition) is 2. The fourth-order valence-electron chi connectivity index (χ4n) is 1.46. The van der Waals surface area contributed by atoms with Gasteiger partial charge in [-0.25, -0.2) is 4.39 Å². The normalized spacial score (nSPS) is 12.2. The maximum absolute atomic E-state index is 13.1. The van der Waals surface area contributed by atoms with E-state index in [9.17, 15) is 9.18 Å². The van der Waals surface area contributed by atoms with Gasteiger partial charge in [-0.2, -0.15) is 0 Å². The first kappa shape index (κ1) is 13.4. The second-order valence-corrected chi connectivity index (χ2v) is 4.00. The van der Waals surface area contributed by atoms with E-state index in [0.29, 0.717) is 17.7 Å². The molecule has 0 aliphatic heterocycles. The number of hydrogen-bond acceptors (Lipinski definition) is 3. The van der Waals surface area contributed by atoms with Crippen LogP contribution in [0.5, 0.6) is 5.75 Å². The Hall–Kier alpha value is -1.62. The quantitative estimate of drug-likeness (QED) is 0.777. The molecule has 0 aliphatic carbocycles. The van der Waals surface area contributed by atoms with Crippen LogP contribution in [-0.4, -0.2) is 18.6 Å². The summed E-state index contributed by atoms with van der Waals surface area (Å²) in [4.78, 5) is 10.6. The Balaban J connectivity index is 2.72. The fourth-order valence-corrected chi connectivity index (χ4v) is 1.46. The highest BCUT2D eigenvalue weighted by atomic mass is 19.1. The lowest BCUT2D eigenvalue weighted by Gasteiger charge is -2.12. The van der Waals surface area contributed by atoms with Crippen LogP contribution in [0.1, 0.15) is 18.9 Å². The minimum Gasteiger partial charge on any atom is -0.493 e. The average Bonchev–Trinajstić information content (AvgIpc) is 2.20. The third kappa shape index (κ3) is 4.82. The summed E-state index contributed by atoms with van der Waals surface area (Å²) in [5.74, 6) is -0.214. The van der Waals surface area contributed by atoms with Gasteiger partial charge in [-0.3, -0.25) is 4.79 Å². The van der Waals surface area contributed by atoms with Gasteiger partial charge in [0, 0.05) is 6.04 Å². The summed E-state index contributed by atoms with van der Waals surface area (Å²) in [6.07, 6.45) is 0.651. The van der Waals surface area contributed by atoms with E-state index in [1.807, 2.05) is 6.92 Å². The lowest BCUT2D eigenvalue weighted by molar-refractivity contribution is -0.118. The van der Waals surface area contributed by atoms with Crippen molar-refractivity contribution in [3.8, 4) is 5.75 Å². The minimum atomic E-state index is -0.430. The molecule has 4 nitrogen and oxygen atoms in total. The third-order valence-electron chi connectivity index (χ3n) is 2.17. The van der Waals surface area contributed by atoms with Crippen LogP contribution in [0.15, 0.2) is 18.2 Å². The molecule has 4 N–H and O–H groups in total. The highest BCUT2D eigenvalue weighted by molar-refractivity contribution is 5.73. The first-order valence-electron chi connectivity index (χ1n) is 5.44. The van der Waals surface area contributed by atoms with Crippen LogP contribution in [0.25, 0.3) is 0 Å². The molecule has 1 rings (SSSR count). The average molecular weight is 240 g/mol. The SMILES string of the molecule is CC(N)Cc1cc(F)ccc1OCCC(N)=O. The number of amides is 1. The van der Waals surface area contributed by atoms with Gasteiger partial charge in [0.2, 0.25) is 5.91 Å². The van der Waals surface area contributed by atoms with Gasteiger partial charge in [-0.1, -0.05) is 0 Å². The fraction of sp³-hybridized carbons (Fsp3) is 0.417. The van der Waals surface area contributed by atoms with E-state index >= 15 is 0 Å². The number of ether oxygens (including phenoxy) is 1. The Kier molecular flexibility index (Phi) is 4.90. The van der Waals surface area contributed by atoms with Crippen LogP contribution in [-0.2, 0) is 11.2 Å². The highest BCUT2D eigenvalue weighted by Crippen LogP contribution is 2.21. The van der Waals surface area contributed by atoms with Gasteiger partial charge in [-0.15, -0.1) is 0 Å². The zero-order chi connectivity index (χ0) is 12.8. The standard InChI is InChI=1S/C12H17FN2O2/c1-8(14)6-9-7-10(13)2-3-11(9)17-5-4-12(15)16/h2-3,7-8H,4-6,14H2,1H3,(H2,15,16). The highest BCUT2D eigenvalue weighted by Gasteiger charge is 2.08. The molecule has 1 aromatic carbocycles. The van der Waals surface area contributed by atoms with Gasteiger partial charge in [0.05, 0.1) is 13.0 Å². The van der Waals surface area contributed by atoms with E-state index in [1.165, 1.54) is 18.2 Å². The predicted molar refractivity (Wildman–Crippen MR) is 63.1 cm³/mol. The number of halogens is 1. The van der Waals surface area contributed by atoms with Crippen LogP contribution in [0.2, 0.25) is 0 Å². The molecule has 1 amide bonds. The molecular formula is C12H17FN2O2. The van der Waals surface area contributed by atoms with E-state index in [1.54, 1.807) is 0 Å². The molecule has 0 aromatic heterocycles. The lowest BCUT2D eigenvalue weighted by atomic mass is 10.1. The van der Waals surface area contributed by atoms with Gasteiger partial charge < -0.3 is 16.2 Å². The Morgan fingerprint density at radius 3 is 2.82 bits per heavy atom. The van der Waals surface area contributed by atoms with E-state index in [2.05, 4.69) is 0 Å². The molecule has 17 heavy (non-hydrogen) atoms. The number of primary amides is 1. The Morgan fingerprint density at radius 2 is 2.24 bits per heavy atom. The van der Waals surface area contributed by atoms with Crippen LogP contribution >= 0.6 is 0 Å². The number of nitrogens with two attached hydrogens (primary N) is 2. The molecular weight excluding hydrogens is 223 g/mol. The van der Waals surface area contributed by atoms with Gasteiger partial charge in [0.1, 0.15) is 11.6 Å². The molecule has 0 aliphatic rings. The summed E-state index contributed by atoms with van der Waals surface area (Å²) >= 11 is 0. The zero-order valence-corrected chi connectivity index (χ0v) is 9.78. The summed E-state index contributed by atoms with van der Waals surface area (Å²) in [6, 6.07) is 4.15. The number of carbonyl (C=O) groups is 1. The van der Waals surface area contributed by atoms with Crippen molar-refractivity contribution in [1.82, 2.24) is 0 Å². The second kappa shape index (κ2) is 6.20. The Labute approximate surface area is 99.7 Å². The Morgan fingerprint density at radius 1 is 1.53 bits per heavy atom. The summed E-state index contributed by atoms with van der Waals surface area (Å²) in [5.41, 5.74) is 11.4. The number of rotatable bonds is 6. The van der Waals surface area contributed by atoms with Crippen LogP contribution in [0.3, 0.4) is 0 Å². The van der Waals surface area contributed by atoms with Crippen LogP contribution in [0, 0.1) is 5.82 Å². The van der Waals surface area contributed by atoms with E-state index < -0.39 is 5.91 Å². The third-order valence-corrected chi connectivity index (χ3v) is 2.17. The van der Waals surface area contributed by atoms with Crippen molar-refractivity contribution >= 4 is 5.91 Å². The first-order valence-corrected chi connectivity index (χ1v) is 5.44. The smallest absolute Gasteiger partial charge is 0.220 e. The van der Waals surface area contributed by atoms with Crippen molar-refractivity contribution in [2.75, 3.05) is 6.61 Å². The van der Waals surface area contributed by atoms with Crippen LogP contribution < -0.4 is 16.2 Å². The van der Waals surface area contributed by atoms with E-state index in [-0.39, 0.29) is 24.9 Å². The van der Waals surface area contributed by atoms with Crippen molar-refractivity contribution in [3.05, 3.63) is 29.6 Å². The van der Waals surface area contributed by atoms with Gasteiger partial charge in [-0.05, 0) is 37.1 Å². The lowest BCUT2D eigenvalue weighted by Crippen LogP contribution is -2.19. The zero-order valence-electron chi connectivity index (χ0n) is 9.78. The predicted octanol–water partition coefficient (Wildman–Crippen LogP) is 0.970. The minimum absolute atomic E-state index is 0.0877. The Bertz CT molecular complexity index is 394. The summed E-state index contributed by atoms with van der Waals surface area (Å²) in [6.45, 7) is 2.02. The van der Waals surface area contributed by atoms with E-state index in [0.717, 1.165) is 0 Å². The molecule has 0 fully saturated rings. The molecule has 0 saturated carbocycles. The molecule has 94 valence electrons. The van der Waals surface area contributed by atoms with Gasteiger partial charge >= 0.3 is 0 Å².